The van der Waals surface area contributed by atoms with E-state index in [1.165, 1.54) is 0 Å². The molecule has 18 heavy (non-hydrogen) atoms. The third-order valence-corrected chi connectivity index (χ3v) is 3.21. The summed E-state index contributed by atoms with van der Waals surface area (Å²) in [5.41, 5.74) is 0. The van der Waals surface area contributed by atoms with Crippen LogP contribution in [0.5, 0.6) is 0 Å². The Morgan fingerprint density at radius 2 is 2.00 bits per heavy atom. The number of carbonyl (C=O) groups is 2. The number of piperidine rings is 1. The topological polar surface area (TPSA) is 89.9 Å². The highest BCUT2D eigenvalue weighted by Crippen LogP contribution is 2.16. The number of amides is 1. The summed E-state index contributed by atoms with van der Waals surface area (Å²) in [7, 11) is 0. The summed E-state index contributed by atoms with van der Waals surface area (Å²) < 4.78 is 0. The van der Waals surface area contributed by atoms with Crippen LogP contribution in [0.3, 0.4) is 0 Å². The molecule has 1 saturated heterocycles. The van der Waals surface area contributed by atoms with Gasteiger partial charge in [-0.2, -0.15) is 0 Å². The quantitative estimate of drug-likeness (QED) is 0.568. The first-order chi connectivity index (χ1) is 8.50. The van der Waals surface area contributed by atoms with E-state index in [0.29, 0.717) is 38.9 Å². The molecule has 6 heteroatoms. The van der Waals surface area contributed by atoms with Crippen LogP contribution in [0.1, 0.15) is 26.2 Å². The first-order valence-electron chi connectivity index (χ1n) is 6.40. The van der Waals surface area contributed by atoms with E-state index in [0.717, 1.165) is 0 Å². The van der Waals surface area contributed by atoms with Crippen LogP contribution < -0.4 is 5.32 Å². The zero-order valence-electron chi connectivity index (χ0n) is 10.8. The summed E-state index contributed by atoms with van der Waals surface area (Å²) in [5.74, 6) is -1.07. The molecule has 1 fully saturated rings. The van der Waals surface area contributed by atoms with Gasteiger partial charge in [-0.1, -0.05) is 0 Å². The minimum Gasteiger partial charge on any atom is -0.481 e. The van der Waals surface area contributed by atoms with E-state index in [9.17, 15) is 9.59 Å². The van der Waals surface area contributed by atoms with Crippen LogP contribution in [-0.2, 0) is 9.59 Å². The van der Waals surface area contributed by atoms with E-state index < -0.39 is 5.97 Å². The van der Waals surface area contributed by atoms with Crippen LogP contribution in [0.2, 0.25) is 0 Å². The Morgan fingerprint density at radius 1 is 1.39 bits per heavy atom. The molecule has 1 unspecified atom stereocenters. The number of nitrogens with zero attached hydrogens (tertiary/aromatic N) is 1. The van der Waals surface area contributed by atoms with Crippen LogP contribution in [0, 0.1) is 5.92 Å². The average molecular weight is 258 g/mol. The monoisotopic (exact) mass is 258 g/mol. The second kappa shape index (κ2) is 7.33. The predicted octanol–water partition coefficient (Wildman–Crippen LogP) is -0.330. The van der Waals surface area contributed by atoms with Crippen molar-refractivity contribution in [3.8, 4) is 0 Å². The summed E-state index contributed by atoms with van der Waals surface area (Å²) in [6.07, 6.45) is 1.33. The first-order valence-corrected chi connectivity index (χ1v) is 6.40. The van der Waals surface area contributed by atoms with Crippen LogP contribution in [0.25, 0.3) is 0 Å². The van der Waals surface area contributed by atoms with Crippen LogP contribution in [-0.4, -0.2) is 59.3 Å². The van der Waals surface area contributed by atoms with E-state index >= 15 is 0 Å². The molecule has 1 rings (SSSR count). The lowest BCUT2D eigenvalue weighted by molar-refractivity contribution is -0.145. The van der Waals surface area contributed by atoms with Gasteiger partial charge in [-0.3, -0.25) is 9.59 Å². The second-order valence-electron chi connectivity index (χ2n) is 4.81. The minimum atomic E-state index is -0.767. The third-order valence-electron chi connectivity index (χ3n) is 3.21. The number of rotatable bonds is 6. The van der Waals surface area contributed by atoms with Crippen LogP contribution in [0.4, 0.5) is 0 Å². The van der Waals surface area contributed by atoms with E-state index in [-0.39, 0.29) is 24.5 Å². The van der Waals surface area contributed by atoms with Gasteiger partial charge >= 0.3 is 5.97 Å². The molecule has 1 atom stereocenters. The molecular weight excluding hydrogens is 236 g/mol. The number of carboxylic acids is 1. The molecule has 0 aromatic heterocycles. The maximum absolute atomic E-state index is 11.8. The average Bonchev–Trinajstić information content (AvgIpc) is 2.34. The molecule has 0 radical (unpaired) electrons. The maximum atomic E-state index is 11.8. The van der Waals surface area contributed by atoms with Gasteiger partial charge in [-0.25, -0.2) is 0 Å². The van der Waals surface area contributed by atoms with Gasteiger partial charge in [-0.05, 0) is 32.7 Å². The second-order valence-corrected chi connectivity index (χ2v) is 4.81. The van der Waals surface area contributed by atoms with E-state index in [1.807, 2.05) is 0 Å². The molecular formula is C12H22N2O4. The van der Waals surface area contributed by atoms with Gasteiger partial charge in [0.25, 0.3) is 0 Å². The van der Waals surface area contributed by atoms with Crippen molar-refractivity contribution >= 4 is 11.9 Å². The number of hydrogen-bond acceptors (Lipinski definition) is 4. The molecule has 1 aliphatic heterocycles. The molecule has 1 heterocycles. The molecule has 6 nitrogen and oxygen atoms in total. The van der Waals surface area contributed by atoms with Crippen molar-refractivity contribution in [3.63, 3.8) is 0 Å². The third kappa shape index (κ3) is 5.01. The van der Waals surface area contributed by atoms with Crippen molar-refractivity contribution in [1.29, 1.82) is 0 Å². The Balaban J connectivity index is 2.18. The lowest BCUT2D eigenvalue weighted by Crippen LogP contribution is -2.44. The van der Waals surface area contributed by atoms with Gasteiger partial charge in [-0.15, -0.1) is 0 Å². The molecule has 1 amide bonds. The zero-order chi connectivity index (χ0) is 13.5. The molecule has 0 aliphatic carbocycles. The van der Waals surface area contributed by atoms with Gasteiger partial charge in [0.1, 0.15) is 0 Å². The Morgan fingerprint density at radius 3 is 2.50 bits per heavy atom. The Bertz CT molecular complexity index is 286. The maximum Gasteiger partial charge on any atom is 0.306 e. The zero-order valence-corrected chi connectivity index (χ0v) is 10.8. The van der Waals surface area contributed by atoms with E-state index in [2.05, 4.69) is 5.32 Å². The fourth-order valence-electron chi connectivity index (χ4n) is 1.99. The fourth-order valence-corrected chi connectivity index (χ4v) is 1.99. The molecule has 104 valence electrons. The van der Waals surface area contributed by atoms with Crippen molar-refractivity contribution in [2.45, 2.75) is 32.3 Å². The van der Waals surface area contributed by atoms with Crippen molar-refractivity contribution in [1.82, 2.24) is 10.2 Å². The molecule has 0 bridgehead atoms. The number of carboxylic acid groups (broad SMARTS) is 1. The molecule has 0 aromatic carbocycles. The van der Waals surface area contributed by atoms with E-state index in [1.54, 1.807) is 11.8 Å². The lowest BCUT2D eigenvalue weighted by atomic mass is 9.97. The SMILES string of the molecule is CC(O)CCNCC(=O)N1CCC(C(=O)O)CC1. The van der Waals surface area contributed by atoms with Crippen molar-refractivity contribution < 1.29 is 19.8 Å². The van der Waals surface area contributed by atoms with Crippen molar-refractivity contribution in [2.75, 3.05) is 26.2 Å². The van der Waals surface area contributed by atoms with Crippen molar-refractivity contribution in [3.05, 3.63) is 0 Å². The summed E-state index contributed by atoms with van der Waals surface area (Å²) in [4.78, 5) is 24.2. The number of aliphatic carboxylic acids is 1. The number of aliphatic hydroxyl groups excluding tert-OH is 1. The minimum absolute atomic E-state index is 0.00410. The van der Waals surface area contributed by atoms with E-state index in [4.69, 9.17) is 10.2 Å². The summed E-state index contributed by atoms with van der Waals surface area (Å²) in [6, 6.07) is 0. The number of nitrogens with one attached hydrogen (secondary N) is 1. The standard InChI is InChI=1S/C12H22N2O4/c1-9(15)2-5-13-8-11(16)14-6-3-10(4-7-14)12(17)18/h9-10,13,15H,2-8H2,1H3,(H,17,18). The number of carbonyl (C=O) groups excluding carboxylic acids is 1. The smallest absolute Gasteiger partial charge is 0.306 e. The number of hydrogen-bond donors (Lipinski definition) is 3. The van der Waals surface area contributed by atoms with Crippen LogP contribution in [0.15, 0.2) is 0 Å². The molecule has 3 N–H and O–H groups in total. The molecule has 0 aromatic rings. The molecule has 0 spiro atoms. The van der Waals surface area contributed by atoms with Gasteiger partial charge < -0.3 is 20.4 Å². The van der Waals surface area contributed by atoms with Gasteiger partial charge in [0.15, 0.2) is 0 Å². The number of likely N-dealkylation sites (tertiary alicyclic amines) is 1. The largest absolute Gasteiger partial charge is 0.481 e. The summed E-state index contributed by atoms with van der Waals surface area (Å²) in [5, 5.41) is 20.9. The Kier molecular flexibility index (Phi) is 6.07. The van der Waals surface area contributed by atoms with Gasteiger partial charge in [0, 0.05) is 13.1 Å². The first kappa shape index (κ1) is 14.9. The van der Waals surface area contributed by atoms with Crippen LogP contribution >= 0.6 is 0 Å². The van der Waals surface area contributed by atoms with Gasteiger partial charge in [0.2, 0.25) is 5.91 Å². The predicted molar refractivity (Wildman–Crippen MR) is 66.1 cm³/mol. The lowest BCUT2D eigenvalue weighted by Gasteiger charge is -2.30. The summed E-state index contributed by atoms with van der Waals surface area (Å²) >= 11 is 0. The highest BCUT2D eigenvalue weighted by atomic mass is 16.4. The number of aliphatic hydroxyl groups is 1. The molecule has 1 aliphatic rings. The highest BCUT2D eigenvalue weighted by molar-refractivity contribution is 5.78. The fraction of sp³-hybridized carbons (Fsp3) is 0.833. The van der Waals surface area contributed by atoms with Crippen molar-refractivity contribution in [2.24, 2.45) is 5.92 Å². The van der Waals surface area contributed by atoms with Gasteiger partial charge in [0.05, 0.1) is 18.6 Å². The Labute approximate surface area is 107 Å². The normalized spacial score (nSPS) is 18.7. The Hall–Kier alpha value is -1.14. The summed E-state index contributed by atoms with van der Waals surface area (Å²) in [6.45, 7) is 3.61. The highest BCUT2D eigenvalue weighted by Gasteiger charge is 2.26. The molecule has 0 saturated carbocycles.